The maximum absolute atomic E-state index is 12.8. The molecule has 9 nitrogen and oxygen atoms in total. The molecule has 0 amide bonds. The number of allylic oxidation sites excluding steroid dienone is 14. The Kier molecular flexibility index (Phi) is 42.2. The molecule has 64 heavy (non-hydrogen) atoms. The zero-order chi connectivity index (χ0) is 46.4. The minimum atomic E-state index is -1.55. The first-order valence-corrected chi connectivity index (χ1v) is 25.7. The average Bonchev–Trinajstić information content (AvgIpc) is 3.30. The average molecular weight is 899 g/mol. The number of carbonyl (C=O) groups is 1. The van der Waals surface area contributed by atoms with Crippen LogP contribution in [0.1, 0.15) is 194 Å². The Labute approximate surface area is 390 Å². The second-order valence-corrected chi connectivity index (χ2v) is 17.2. The summed E-state index contributed by atoms with van der Waals surface area (Å²) in [4.78, 5) is 12.8. The van der Waals surface area contributed by atoms with Crippen LogP contribution >= 0.6 is 0 Å². The summed E-state index contributed by atoms with van der Waals surface area (Å²) in [7, 11) is 0. The molecule has 0 spiro atoms. The first-order chi connectivity index (χ1) is 31.4. The molecule has 0 aromatic carbocycles. The van der Waals surface area contributed by atoms with Crippen molar-refractivity contribution in [1.82, 2.24) is 0 Å². The number of unbranched alkanes of at least 4 members (excludes halogenated alkanes) is 18. The van der Waals surface area contributed by atoms with E-state index in [1.807, 2.05) is 0 Å². The van der Waals surface area contributed by atoms with Crippen molar-refractivity contribution < 1.29 is 44.2 Å². The number of aliphatic hydroxyl groups is 4. The molecule has 0 aromatic heterocycles. The summed E-state index contributed by atoms with van der Waals surface area (Å²) in [5.74, 6) is -0.334. The van der Waals surface area contributed by atoms with Gasteiger partial charge >= 0.3 is 5.97 Å². The number of esters is 1. The van der Waals surface area contributed by atoms with Gasteiger partial charge in [0.15, 0.2) is 6.29 Å². The summed E-state index contributed by atoms with van der Waals surface area (Å²) in [6.45, 7) is 4.39. The van der Waals surface area contributed by atoms with Gasteiger partial charge in [-0.05, 0) is 89.9 Å². The highest BCUT2D eigenvalue weighted by molar-refractivity contribution is 5.69. The molecular formula is C55H94O9. The maximum atomic E-state index is 12.8. The Morgan fingerprint density at radius 1 is 0.516 bits per heavy atom. The number of hydrogen-bond acceptors (Lipinski definition) is 9. The smallest absolute Gasteiger partial charge is 0.306 e. The first-order valence-electron chi connectivity index (χ1n) is 25.7. The molecule has 1 rings (SSSR count). The van der Waals surface area contributed by atoms with Crippen molar-refractivity contribution in [2.24, 2.45) is 0 Å². The van der Waals surface area contributed by atoms with Crippen LogP contribution < -0.4 is 0 Å². The lowest BCUT2D eigenvalue weighted by atomic mass is 9.99. The number of aliphatic hydroxyl groups excluding tert-OH is 4. The lowest BCUT2D eigenvalue weighted by Gasteiger charge is -2.39. The molecule has 1 fully saturated rings. The molecule has 0 aromatic rings. The molecule has 368 valence electrons. The van der Waals surface area contributed by atoms with Crippen LogP contribution in [0.25, 0.3) is 0 Å². The molecule has 6 atom stereocenters. The van der Waals surface area contributed by atoms with Crippen molar-refractivity contribution >= 4 is 5.97 Å². The quantitative estimate of drug-likeness (QED) is 0.0268. The standard InChI is InChI=1S/C55H94O9/c1-3-5-7-9-11-13-15-17-19-21-23-24-25-27-29-31-33-35-37-39-41-43-45-61-47-49(48-62-55-54(60)53(59)52(58)50(46-56)64-55)63-51(57)44-42-40-38-36-34-32-30-28-26-22-20-18-16-14-12-10-8-6-4-2/h6,8,12,14-15,17-18,20-21,23,25-28,49-50,52-56,58-60H,3-5,7,9-11,13,16,19,22,24,29-48H2,1-2H3/b8-6-,14-12-,17-15-,20-18-,23-21-,27-25-,28-26-. The van der Waals surface area contributed by atoms with E-state index in [1.165, 1.54) is 77.0 Å². The Balaban J connectivity index is 2.24. The van der Waals surface area contributed by atoms with Gasteiger partial charge in [-0.25, -0.2) is 0 Å². The SMILES string of the molecule is CC/C=C\C/C=C\C/C=C\C/C=C\CCCCCCCCC(=O)OC(COCCCCCCCCC/C=C\C/C=C\C/C=C\CCCCCCC)COC1OC(CO)C(O)C(O)C1O. The van der Waals surface area contributed by atoms with Crippen molar-refractivity contribution in [1.29, 1.82) is 0 Å². The van der Waals surface area contributed by atoms with Gasteiger partial charge in [-0.2, -0.15) is 0 Å². The lowest BCUT2D eigenvalue weighted by molar-refractivity contribution is -0.305. The molecule has 1 aliphatic heterocycles. The van der Waals surface area contributed by atoms with Crippen molar-refractivity contribution in [3.63, 3.8) is 0 Å². The second-order valence-electron chi connectivity index (χ2n) is 17.2. The molecule has 0 saturated carbocycles. The second kappa shape index (κ2) is 45.5. The molecule has 4 N–H and O–H groups in total. The Morgan fingerprint density at radius 3 is 1.44 bits per heavy atom. The molecule has 0 aliphatic carbocycles. The summed E-state index contributed by atoms with van der Waals surface area (Å²) in [6.07, 6.45) is 54.6. The predicted molar refractivity (Wildman–Crippen MR) is 265 cm³/mol. The predicted octanol–water partition coefficient (Wildman–Crippen LogP) is 12.6. The van der Waals surface area contributed by atoms with Gasteiger partial charge in [0.05, 0.1) is 19.8 Å². The van der Waals surface area contributed by atoms with Gasteiger partial charge in [0.1, 0.15) is 30.5 Å². The van der Waals surface area contributed by atoms with Crippen LogP contribution in [0.5, 0.6) is 0 Å². The van der Waals surface area contributed by atoms with Gasteiger partial charge in [0.2, 0.25) is 0 Å². The fourth-order valence-corrected chi connectivity index (χ4v) is 7.31. The Morgan fingerprint density at radius 2 is 0.953 bits per heavy atom. The Bertz CT molecular complexity index is 1250. The van der Waals surface area contributed by atoms with E-state index in [0.717, 1.165) is 96.3 Å². The topological polar surface area (TPSA) is 135 Å². The molecule has 0 radical (unpaired) electrons. The number of hydrogen-bond donors (Lipinski definition) is 4. The molecule has 9 heteroatoms. The van der Waals surface area contributed by atoms with Crippen LogP contribution in [0.3, 0.4) is 0 Å². The highest BCUT2D eigenvalue weighted by Crippen LogP contribution is 2.22. The molecule has 1 heterocycles. The van der Waals surface area contributed by atoms with Gasteiger partial charge in [0, 0.05) is 13.0 Å². The van der Waals surface area contributed by atoms with Gasteiger partial charge in [-0.1, -0.05) is 182 Å². The summed E-state index contributed by atoms with van der Waals surface area (Å²) in [5.41, 5.74) is 0. The largest absolute Gasteiger partial charge is 0.457 e. The molecule has 1 aliphatic rings. The minimum absolute atomic E-state index is 0.127. The van der Waals surface area contributed by atoms with E-state index in [9.17, 15) is 25.2 Å². The fraction of sp³-hybridized carbons (Fsp3) is 0.727. The monoisotopic (exact) mass is 899 g/mol. The van der Waals surface area contributed by atoms with Crippen LogP contribution in [0, 0.1) is 0 Å². The van der Waals surface area contributed by atoms with E-state index < -0.39 is 43.4 Å². The third-order valence-electron chi connectivity index (χ3n) is 11.3. The summed E-state index contributed by atoms with van der Waals surface area (Å²) >= 11 is 0. The van der Waals surface area contributed by atoms with E-state index in [1.54, 1.807) is 0 Å². The van der Waals surface area contributed by atoms with Crippen LogP contribution in [-0.4, -0.2) is 89.6 Å². The highest BCUT2D eigenvalue weighted by atomic mass is 16.7. The minimum Gasteiger partial charge on any atom is -0.457 e. The van der Waals surface area contributed by atoms with Crippen molar-refractivity contribution in [3.05, 3.63) is 85.1 Å². The van der Waals surface area contributed by atoms with Gasteiger partial charge in [0.25, 0.3) is 0 Å². The van der Waals surface area contributed by atoms with E-state index >= 15 is 0 Å². The van der Waals surface area contributed by atoms with E-state index in [-0.39, 0.29) is 19.2 Å². The van der Waals surface area contributed by atoms with Gasteiger partial charge in [-0.3, -0.25) is 4.79 Å². The third-order valence-corrected chi connectivity index (χ3v) is 11.3. The van der Waals surface area contributed by atoms with Gasteiger partial charge in [-0.15, -0.1) is 0 Å². The third kappa shape index (κ3) is 35.6. The molecular weight excluding hydrogens is 805 g/mol. The van der Waals surface area contributed by atoms with E-state index in [4.69, 9.17) is 18.9 Å². The van der Waals surface area contributed by atoms with E-state index in [0.29, 0.717) is 13.0 Å². The van der Waals surface area contributed by atoms with Crippen molar-refractivity contribution in [3.8, 4) is 0 Å². The number of ether oxygens (including phenoxy) is 4. The van der Waals surface area contributed by atoms with Crippen molar-refractivity contribution in [2.45, 2.75) is 230 Å². The molecule has 1 saturated heterocycles. The van der Waals surface area contributed by atoms with Crippen LogP contribution in [0.15, 0.2) is 85.1 Å². The normalized spacial score (nSPS) is 20.2. The molecule has 6 unspecified atom stereocenters. The fourth-order valence-electron chi connectivity index (χ4n) is 7.31. The summed E-state index contributed by atoms with van der Waals surface area (Å²) in [5, 5.41) is 40.3. The highest BCUT2D eigenvalue weighted by Gasteiger charge is 2.44. The molecule has 0 bridgehead atoms. The zero-order valence-corrected chi connectivity index (χ0v) is 40.5. The first kappa shape index (κ1) is 59.4. The van der Waals surface area contributed by atoms with Crippen LogP contribution in [0.2, 0.25) is 0 Å². The van der Waals surface area contributed by atoms with Crippen LogP contribution in [0.4, 0.5) is 0 Å². The number of carbonyl (C=O) groups excluding carboxylic acids is 1. The number of rotatable bonds is 43. The maximum Gasteiger partial charge on any atom is 0.306 e. The van der Waals surface area contributed by atoms with Crippen molar-refractivity contribution in [2.75, 3.05) is 26.4 Å². The van der Waals surface area contributed by atoms with Crippen LogP contribution in [-0.2, 0) is 23.7 Å². The van der Waals surface area contributed by atoms with E-state index in [2.05, 4.69) is 98.9 Å². The van der Waals surface area contributed by atoms with Gasteiger partial charge < -0.3 is 39.4 Å². The summed E-state index contributed by atoms with van der Waals surface area (Å²) < 4.78 is 22.9. The zero-order valence-electron chi connectivity index (χ0n) is 40.5. The lowest BCUT2D eigenvalue weighted by Crippen LogP contribution is -2.59. The summed E-state index contributed by atoms with van der Waals surface area (Å²) in [6, 6.07) is 0. The Hall–Kier alpha value is -2.63.